The molecule has 1 atom stereocenters. The van der Waals surface area contributed by atoms with Gasteiger partial charge in [0.05, 0.1) is 12.0 Å². The summed E-state index contributed by atoms with van der Waals surface area (Å²) in [7, 11) is 0. The highest BCUT2D eigenvalue weighted by Gasteiger charge is 2.32. The van der Waals surface area contributed by atoms with Crippen LogP contribution >= 0.6 is 0 Å². The average Bonchev–Trinajstić information content (AvgIpc) is 2.45. The van der Waals surface area contributed by atoms with Crippen LogP contribution in [0.4, 0.5) is 17.6 Å². The van der Waals surface area contributed by atoms with Crippen molar-refractivity contribution in [2.75, 3.05) is 6.54 Å². The van der Waals surface area contributed by atoms with Crippen LogP contribution in [-0.4, -0.2) is 34.5 Å². The van der Waals surface area contributed by atoms with E-state index in [-0.39, 0.29) is 18.5 Å². The molecule has 1 amide bonds. The van der Waals surface area contributed by atoms with E-state index < -0.39 is 35.8 Å². The van der Waals surface area contributed by atoms with E-state index >= 15 is 0 Å². The third-order valence-corrected chi connectivity index (χ3v) is 3.22. The Kier molecular flexibility index (Phi) is 6.12. The van der Waals surface area contributed by atoms with Crippen LogP contribution in [0.1, 0.15) is 37.6 Å². The molecule has 0 aliphatic heterocycles. The average molecular weight is 335 g/mol. The highest BCUT2D eigenvalue weighted by atomic mass is 19.4. The van der Waals surface area contributed by atoms with E-state index in [1.165, 1.54) is 0 Å². The zero-order chi connectivity index (χ0) is 17.8. The van der Waals surface area contributed by atoms with Gasteiger partial charge in [0.25, 0.3) is 5.91 Å². The lowest BCUT2D eigenvalue weighted by atomic mass is 10.1. The number of hydrogen-bond donors (Lipinski definition) is 1. The number of amides is 1. The molecule has 0 fully saturated rings. The molecule has 0 aliphatic carbocycles. The minimum absolute atomic E-state index is 0.174. The van der Waals surface area contributed by atoms with Crippen LogP contribution in [0, 0.1) is 0 Å². The molecule has 1 aromatic rings. The lowest BCUT2D eigenvalue weighted by molar-refractivity contribution is -0.141. The Balaban J connectivity index is 2.90. The van der Waals surface area contributed by atoms with Gasteiger partial charge in [-0.1, -0.05) is 12.1 Å². The van der Waals surface area contributed by atoms with Crippen LogP contribution in [0.3, 0.4) is 0 Å². The number of carbonyl (C=O) groups is 2. The predicted molar refractivity (Wildman–Crippen MR) is 74.4 cm³/mol. The fraction of sp³-hybridized carbons (Fsp3) is 0.467. The molecule has 0 aliphatic rings. The zero-order valence-corrected chi connectivity index (χ0v) is 12.6. The van der Waals surface area contributed by atoms with Gasteiger partial charge in [-0.05, 0) is 31.5 Å². The first-order valence-electron chi connectivity index (χ1n) is 6.87. The van der Waals surface area contributed by atoms with Crippen molar-refractivity contribution in [3.63, 3.8) is 0 Å². The van der Waals surface area contributed by atoms with Gasteiger partial charge in [-0.15, -0.1) is 0 Å². The Morgan fingerprint density at radius 1 is 1.17 bits per heavy atom. The molecular formula is C15H17F4NO3. The van der Waals surface area contributed by atoms with Gasteiger partial charge in [0.15, 0.2) is 0 Å². The summed E-state index contributed by atoms with van der Waals surface area (Å²) >= 11 is 0. The van der Waals surface area contributed by atoms with Crippen molar-refractivity contribution in [3.05, 3.63) is 35.4 Å². The highest BCUT2D eigenvalue weighted by molar-refractivity contribution is 5.83. The predicted octanol–water partition coefficient (Wildman–Crippen LogP) is 3.43. The molecule has 0 radical (unpaired) electrons. The van der Waals surface area contributed by atoms with Crippen LogP contribution in [-0.2, 0) is 15.8 Å². The number of alkyl halides is 4. The van der Waals surface area contributed by atoms with Crippen LogP contribution in [0.15, 0.2) is 24.3 Å². The SMILES string of the molecule is CC(C)N(CCC(=O)O)C(=O)C(F)c1ccc(C(F)(F)F)cc1. The minimum Gasteiger partial charge on any atom is -0.481 e. The number of halogens is 4. The van der Waals surface area contributed by atoms with Crippen molar-refractivity contribution in [1.29, 1.82) is 0 Å². The molecule has 1 rings (SSSR count). The quantitative estimate of drug-likeness (QED) is 0.811. The molecule has 8 heteroatoms. The summed E-state index contributed by atoms with van der Waals surface area (Å²) < 4.78 is 51.7. The van der Waals surface area contributed by atoms with Gasteiger partial charge in [0, 0.05) is 12.6 Å². The summed E-state index contributed by atoms with van der Waals surface area (Å²) in [5.74, 6) is -2.10. The molecule has 0 saturated carbocycles. The van der Waals surface area contributed by atoms with Crippen molar-refractivity contribution in [2.45, 2.75) is 38.7 Å². The first-order chi connectivity index (χ1) is 10.5. The molecule has 0 saturated heterocycles. The van der Waals surface area contributed by atoms with Gasteiger partial charge in [0.1, 0.15) is 0 Å². The van der Waals surface area contributed by atoms with Crippen LogP contribution in [0.2, 0.25) is 0 Å². The summed E-state index contributed by atoms with van der Waals surface area (Å²) in [5, 5.41) is 8.65. The maximum atomic E-state index is 14.3. The summed E-state index contributed by atoms with van der Waals surface area (Å²) in [5.41, 5.74) is -1.14. The highest BCUT2D eigenvalue weighted by Crippen LogP contribution is 2.31. The second kappa shape index (κ2) is 7.43. The van der Waals surface area contributed by atoms with Gasteiger partial charge < -0.3 is 10.0 Å². The van der Waals surface area contributed by atoms with E-state index in [2.05, 4.69) is 0 Å². The monoisotopic (exact) mass is 335 g/mol. The fourth-order valence-electron chi connectivity index (χ4n) is 1.97. The molecule has 128 valence electrons. The normalized spacial score (nSPS) is 13.0. The van der Waals surface area contributed by atoms with Crippen LogP contribution in [0.5, 0.6) is 0 Å². The summed E-state index contributed by atoms with van der Waals surface area (Å²) in [6, 6.07) is 2.77. The van der Waals surface area contributed by atoms with E-state index in [0.29, 0.717) is 12.1 Å². The number of benzene rings is 1. The Morgan fingerprint density at radius 3 is 2.09 bits per heavy atom. The molecule has 0 spiro atoms. The van der Waals surface area contributed by atoms with Gasteiger partial charge in [0.2, 0.25) is 6.17 Å². The summed E-state index contributed by atoms with van der Waals surface area (Å²) in [4.78, 5) is 23.7. The van der Waals surface area contributed by atoms with Gasteiger partial charge in [-0.25, -0.2) is 4.39 Å². The first kappa shape index (κ1) is 18.9. The number of carbonyl (C=O) groups excluding carboxylic acids is 1. The maximum absolute atomic E-state index is 14.3. The Labute approximate surface area is 130 Å². The minimum atomic E-state index is -4.54. The Bertz CT molecular complexity index is 555. The van der Waals surface area contributed by atoms with Crippen molar-refractivity contribution in [3.8, 4) is 0 Å². The van der Waals surface area contributed by atoms with E-state index in [1.807, 2.05) is 0 Å². The third-order valence-electron chi connectivity index (χ3n) is 3.22. The standard InChI is InChI=1S/C15H17F4NO3/c1-9(2)20(8-7-12(21)22)14(23)13(16)10-3-5-11(6-4-10)15(17,18)19/h3-6,9,13H,7-8H2,1-2H3,(H,21,22). The van der Waals surface area contributed by atoms with Crippen LogP contribution in [0.25, 0.3) is 0 Å². The zero-order valence-electron chi connectivity index (χ0n) is 12.6. The Morgan fingerprint density at radius 2 is 1.70 bits per heavy atom. The van der Waals surface area contributed by atoms with E-state index in [9.17, 15) is 27.2 Å². The molecule has 0 heterocycles. The summed E-state index contributed by atoms with van der Waals surface area (Å²) in [6.07, 6.45) is -7.03. The topological polar surface area (TPSA) is 57.6 Å². The van der Waals surface area contributed by atoms with E-state index in [4.69, 9.17) is 5.11 Å². The third kappa shape index (κ3) is 5.22. The number of aliphatic carboxylic acids is 1. The fourth-order valence-corrected chi connectivity index (χ4v) is 1.97. The molecule has 1 unspecified atom stereocenters. The number of carboxylic acids is 1. The van der Waals surface area contributed by atoms with Crippen molar-refractivity contribution < 1.29 is 32.3 Å². The number of rotatable bonds is 6. The van der Waals surface area contributed by atoms with Crippen molar-refractivity contribution in [1.82, 2.24) is 4.90 Å². The molecular weight excluding hydrogens is 318 g/mol. The van der Waals surface area contributed by atoms with Crippen molar-refractivity contribution >= 4 is 11.9 Å². The van der Waals surface area contributed by atoms with Gasteiger partial charge in [-0.3, -0.25) is 9.59 Å². The molecule has 4 nitrogen and oxygen atoms in total. The first-order valence-corrected chi connectivity index (χ1v) is 6.87. The van der Waals surface area contributed by atoms with Crippen LogP contribution < -0.4 is 0 Å². The smallest absolute Gasteiger partial charge is 0.416 e. The maximum Gasteiger partial charge on any atom is 0.416 e. The number of carboxylic acid groups (broad SMARTS) is 1. The second-order valence-corrected chi connectivity index (χ2v) is 5.25. The van der Waals surface area contributed by atoms with Crippen molar-refractivity contribution in [2.24, 2.45) is 0 Å². The molecule has 23 heavy (non-hydrogen) atoms. The van der Waals surface area contributed by atoms with E-state index in [0.717, 1.165) is 17.0 Å². The lowest BCUT2D eigenvalue weighted by Gasteiger charge is -2.27. The van der Waals surface area contributed by atoms with Gasteiger partial charge >= 0.3 is 12.1 Å². The molecule has 0 aromatic heterocycles. The largest absolute Gasteiger partial charge is 0.481 e. The second-order valence-electron chi connectivity index (χ2n) is 5.25. The van der Waals surface area contributed by atoms with E-state index in [1.54, 1.807) is 13.8 Å². The number of nitrogens with zero attached hydrogens (tertiary/aromatic N) is 1. The molecule has 0 bridgehead atoms. The molecule has 1 N–H and O–H groups in total. The Hall–Kier alpha value is -2.12. The number of hydrogen-bond acceptors (Lipinski definition) is 2. The van der Waals surface area contributed by atoms with Gasteiger partial charge in [-0.2, -0.15) is 13.2 Å². The summed E-state index contributed by atoms with van der Waals surface area (Å²) in [6.45, 7) is 3.02. The molecule has 1 aromatic carbocycles. The lowest BCUT2D eigenvalue weighted by Crippen LogP contribution is -2.40.